The average Bonchev–Trinajstić information content (AvgIpc) is 3.21. The van der Waals surface area contributed by atoms with Gasteiger partial charge in [-0.1, -0.05) is 18.2 Å². The van der Waals surface area contributed by atoms with Gasteiger partial charge in [0, 0.05) is 25.8 Å². The summed E-state index contributed by atoms with van der Waals surface area (Å²) in [5.74, 6) is 0. The maximum atomic E-state index is 12.2. The standard InChI is InChI=1S/C9H16FNO3.C9H9N/c1-13-9(5-10)7-14-11-4-2-3-8(11)6-12;1-7-6-8-4-2-3-5-9(8)10-7/h6,8-9H,2-5,7H2,1H3;2-5H,6H2,1H3/t8-,9?;/m0./s1. The normalized spacial score (nSPS) is 20.8. The van der Waals surface area contributed by atoms with Gasteiger partial charge in [0.05, 0.1) is 18.3 Å². The summed E-state index contributed by atoms with van der Waals surface area (Å²) in [5.41, 5.74) is 3.74. The van der Waals surface area contributed by atoms with Crippen LogP contribution >= 0.6 is 0 Å². The van der Waals surface area contributed by atoms with Gasteiger partial charge in [0.2, 0.25) is 0 Å². The number of hydrogen-bond acceptors (Lipinski definition) is 5. The van der Waals surface area contributed by atoms with E-state index >= 15 is 0 Å². The molecule has 0 N–H and O–H groups in total. The Morgan fingerprint density at radius 3 is 2.92 bits per heavy atom. The maximum Gasteiger partial charge on any atom is 0.139 e. The van der Waals surface area contributed by atoms with Crippen LogP contribution in [0.1, 0.15) is 25.3 Å². The number of methoxy groups -OCH3 is 1. The number of hydrogen-bond donors (Lipinski definition) is 0. The molecule has 6 heteroatoms. The van der Waals surface area contributed by atoms with Gasteiger partial charge in [-0.2, -0.15) is 5.06 Å². The van der Waals surface area contributed by atoms with E-state index in [1.54, 1.807) is 5.06 Å². The fourth-order valence-electron chi connectivity index (χ4n) is 2.71. The van der Waals surface area contributed by atoms with Crippen LogP contribution in [0.2, 0.25) is 0 Å². The maximum absolute atomic E-state index is 12.2. The highest BCUT2D eigenvalue weighted by atomic mass is 19.1. The summed E-state index contributed by atoms with van der Waals surface area (Å²) < 4.78 is 17.0. The number of hydroxylamine groups is 2. The van der Waals surface area contributed by atoms with Crippen molar-refractivity contribution >= 4 is 17.7 Å². The number of ether oxygens (including phenoxy) is 1. The number of nitrogens with zero attached hydrogens (tertiary/aromatic N) is 2. The number of para-hydroxylation sites is 1. The lowest BCUT2D eigenvalue weighted by molar-refractivity contribution is -0.189. The van der Waals surface area contributed by atoms with E-state index in [1.807, 2.05) is 6.07 Å². The Morgan fingerprint density at radius 1 is 1.46 bits per heavy atom. The monoisotopic (exact) mass is 336 g/mol. The zero-order chi connectivity index (χ0) is 17.4. The molecule has 0 aliphatic carbocycles. The Hall–Kier alpha value is -1.63. The van der Waals surface area contributed by atoms with Crippen molar-refractivity contribution in [2.24, 2.45) is 4.99 Å². The highest BCUT2D eigenvalue weighted by Crippen LogP contribution is 2.25. The minimum absolute atomic E-state index is 0.164. The number of carbonyl (C=O) groups is 1. The van der Waals surface area contributed by atoms with E-state index in [-0.39, 0.29) is 12.6 Å². The first kappa shape index (κ1) is 18.7. The molecule has 2 atom stereocenters. The van der Waals surface area contributed by atoms with Crippen LogP contribution in [0.5, 0.6) is 0 Å². The van der Waals surface area contributed by atoms with Crippen molar-refractivity contribution in [1.82, 2.24) is 5.06 Å². The molecule has 1 fully saturated rings. The van der Waals surface area contributed by atoms with Crippen LogP contribution in [0.25, 0.3) is 0 Å². The number of halogens is 1. The highest BCUT2D eigenvalue weighted by Gasteiger charge is 2.25. The summed E-state index contributed by atoms with van der Waals surface area (Å²) in [6.45, 7) is 2.39. The van der Waals surface area contributed by atoms with Gasteiger partial charge in [-0.3, -0.25) is 9.83 Å². The molecule has 0 aromatic heterocycles. The van der Waals surface area contributed by atoms with Crippen LogP contribution in [-0.2, 0) is 20.8 Å². The Morgan fingerprint density at radius 2 is 2.25 bits per heavy atom. The third kappa shape index (κ3) is 5.19. The second-order valence-electron chi connectivity index (χ2n) is 5.95. The molecule has 24 heavy (non-hydrogen) atoms. The molecule has 3 rings (SSSR count). The van der Waals surface area contributed by atoms with Crippen LogP contribution in [0, 0.1) is 0 Å². The Labute approximate surface area is 142 Å². The van der Waals surface area contributed by atoms with Crippen molar-refractivity contribution in [1.29, 1.82) is 0 Å². The van der Waals surface area contributed by atoms with Crippen molar-refractivity contribution in [3.05, 3.63) is 29.8 Å². The van der Waals surface area contributed by atoms with Gasteiger partial charge in [0.25, 0.3) is 0 Å². The topological polar surface area (TPSA) is 51.1 Å². The van der Waals surface area contributed by atoms with Crippen LogP contribution < -0.4 is 0 Å². The molecule has 0 radical (unpaired) electrons. The van der Waals surface area contributed by atoms with E-state index < -0.39 is 12.8 Å². The molecule has 0 spiro atoms. The van der Waals surface area contributed by atoms with Gasteiger partial charge < -0.3 is 9.53 Å². The van der Waals surface area contributed by atoms with Crippen LogP contribution in [0.4, 0.5) is 10.1 Å². The first-order chi connectivity index (χ1) is 11.7. The number of rotatable bonds is 6. The minimum atomic E-state index is -0.573. The number of aliphatic imine (C=N–C) groups is 1. The van der Waals surface area contributed by atoms with Crippen molar-refractivity contribution in [3.63, 3.8) is 0 Å². The van der Waals surface area contributed by atoms with Gasteiger partial charge in [-0.25, -0.2) is 4.39 Å². The lowest BCUT2D eigenvalue weighted by Gasteiger charge is -2.21. The third-order valence-corrected chi connectivity index (χ3v) is 4.09. The average molecular weight is 336 g/mol. The molecular formula is C18H25FN2O3. The van der Waals surface area contributed by atoms with E-state index in [9.17, 15) is 9.18 Å². The lowest BCUT2D eigenvalue weighted by Crippen LogP contribution is -2.34. The molecule has 0 amide bonds. The number of carbonyl (C=O) groups excluding carboxylic acids is 1. The van der Waals surface area contributed by atoms with Gasteiger partial charge in [-0.15, -0.1) is 0 Å². The van der Waals surface area contributed by atoms with Crippen molar-refractivity contribution in [3.8, 4) is 0 Å². The van der Waals surface area contributed by atoms with Gasteiger partial charge in [-0.05, 0) is 31.4 Å². The zero-order valence-corrected chi connectivity index (χ0v) is 14.3. The lowest BCUT2D eigenvalue weighted by atomic mass is 10.1. The SMILES string of the molecule is CC1=Nc2ccccc2C1.COC(CF)CON1CCC[C@H]1C=O. The molecule has 2 aliphatic rings. The van der Waals surface area contributed by atoms with Crippen molar-refractivity contribution in [2.75, 3.05) is 26.9 Å². The van der Waals surface area contributed by atoms with E-state index in [4.69, 9.17) is 9.57 Å². The highest BCUT2D eigenvalue weighted by molar-refractivity contribution is 5.91. The molecule has 1 saturated heterocycles. The third-order valence-electron chi connectivity index (χ3n) is 4.09. The van der Waals surface area contributed by atoms with E-state index in [0.717, 1.165) is 37.8 Å². The summed E-state index contributed by atoms with van der Waals surface area (Å²) in [6.07, 6.45) is 3.12. The summed E-state index contributed by atoms with van der Waals surface area (Å²) in [6, 6.07) is 8.11. The quantitative estimate of drug-likeness (QED) is 0.750. The number of aldehydes is 1. The van der Waals surface area contributed by atoms with Crippen LogP contribution in [0.15, 0.2) is 29.3 Å². The van der Waals surface area contributed by atoms with Gasteiger partial charge in [0.1, 0.15) is 19.1 Å². The Balaban J connectivity index is 0.000000182. The van der Waals surface area contributed by atoms with Crippen LogP contribution in [-0.4, -0.2) is 56.1 Å². The Kier molecular flexibility index (Phi) is 7.49. The molecule has 1 aromatic carbocycles. The summed E-state index contributed by atoms with van der Waals surface area (Å²) in [5, 5.41) is 1.61. The predicted molar refractivity (Wildman–Crippen MR) is 91.4 cm³/mol. The summed E-state index contributed by atoms with van der Waals surface area (Å²) in [7, 11) is 1.44. The van der Waals surface area contributed by atoms with Crippen molar-refractivity contribution in [2.45, 2.75) is 38.3 Å². The fourth-order valence-corrected chi connectivity index (χ4v) is 2.71. The summed E-state index contributed by atoms with van der Waals surface area (Å²) >= 11 is 0. The molecule has 5 nitrogen and oxygen atoms in total. The number of fused-ring (bicyclic) bond motifs is 1. The van der Waals surface area contributed by atoms with Crippen LogP contribution in [0.3, 0.4) is 0 Å². The summed E-state index contributed by atoms with van der Waals surface area (Å²) in [4.78, 5) is 20.2. The fraction of sp³-hybridized carbons (Fsp3) is 0.556. The second kappa shape index (κ2) is 9.61. The molecule has 0 bridgehead atoms. The Bertz CT molecular complexity index is 561. The number of alkyl halides is 1. The van der Waals surface area contributed by atoms with Gasteiger partial charge in [0.15, 0.2) is 0 Å². The van der Waals surface area contributed by atoms with E-state index in [0.29, 0.717) is 0 Å². The minimum Gasteiger partial charge on any atom is -0.376 e. The zero-order valence-electron chi connectivity index (χ0n) is 14.3. The van der Waals surface area contributed by atoms with Crippen molar-refractivity contribution < 1.29 is 18.8 Å². The van der Waals surface area contributed by atoms with Gasteiger partial charge >= 0.3 is 0 Å². The van der Waals surface area contributed by atoms with E-state index in [2.05, 4.69) is 30.1 Å². The first-order valence-electron chi connectivity index (χ1n) is 8.23. The largest absolute Gasteiger partial charge is 0.376 e. The molecule has 2 heterocycles. The molecule has 132 valence electrons. The number of benzene rings is 1. The second-order valence-corrected chi connectivity index (χ2v) is 5.95. The molecule has 1 aromatic rings. The molecule has 0 saturated carbocycles. The smallest absolute Gasteiger partial charge is 0.139 e. The molecule has 1 unspecified atom stereocenters. The molecule has 2 aliphatic heterocycles. The molecular weight excluding hydrogens is 311 g/mol. The predicted octanol–water partition coefficient (Wildman–Crippen LogP) is 2.90. The van der Waals surface area contributed by atoms with E-state index in [1.165, 1.54) is 18.4 Å². The first-order valence-corrected chi connectivity index (χ1v) is 8.23.